The SMILES string of the molecule is CC(C)NC(=O)C(Cc1ccccc1)N(Cc1ccc(F)cc1)C(=O)CCCN(c1ccccc1F)S(C)(=O)=O. The third kappa shape index (κ3) is 8.87. The lowest BCUT2D eigenvalue weighted by Gasteiger charge is -2.32. The fourth-order valence-corrected chi connectivity index (χ4v) is 5.32. The Morgan fingerprint density at radius 3 is 2.10 bits per heavy atom. The van der Waals surface area contributed by atoms with Crippen molar-refractivity contribution in [1.82, 2.24) is 10.2 Å². The average molecular weight is 572 g/mol. The lowest BCUT2D eigenvalue weighted by Crippen LogP contribution is -2.51. The van der Waals surface area contributed by atoms with Gasteiger partial charge in [-0.3, -0.25) is 13.9 Å². The second-order valence-electron chi connectivity index (χ2n) is 9.91. The van der Waals surface area contributed by atoms with Gasteiger partial charge in [0, 0.05) is 32.0 Å². The highest BCUT2D eigenvalue weighted by molar-refractivity contribution is 7.92. The van der Waals surface area contributed by atoms with E-state index >= 15 is 0 Å². The number of sulfonamides is 1. The molecule has 0 heterocycles. The van der Waals surface area contributed by atoms with Gasteiger partial charge in [-0.05, 0) is 55.7 Å². The van der Waals surface area contributed by atoms with E-state index in [1.807, 2.05) is 44.2 Å². The first-order valence-electron chi connectivity index (χ1n) is 13.1. The largest absolute Gasteiger partial charge is 0.352 e. The van der Waals surface area contributed by atoms with Crippen molar-refractivity contribution in [2.75, 3.05) is 17.1 Å². The van der Waals surface area contributed by atoms with Crippen molar-refractivity contribution in [3.63, 3.8) is 0 Å². The van der Waals surface area contributed by atoms with E-state index in [1.54, 1.807) is 12.1 Å². The molecule has 0 aliphatic heterocycles. The molecule has 0 aliphatic carbocycles. The molecule has 0 aliphatic rings. The van der Waals surface area contributed by atoms with Crippen LogP contribution in [0.3, 0.4) is 0 Å². The Morgan fingerprint density at radius 1 is 0.875 bits per heavy atom. The highest BCUT2D eigenvalue weighted by Gasteiger charge is 2.31. The molecule has 3 aromatic rings. The summed E-state index contributed by atoms with van der Waals surface area (Å²) in [5, 5.41) is 2.89. The van der Waals surface area contributed by atoms with E-state index in [0.717, 1.165) is 16.1 Å². The van der Waals surface area contributed by atoms with Gasteiger partial charge in [-0.2, -0.15) is 0 Å². The van der Waals surface area contributed by atoms with Crippen LogP contribution in [0.5, 0.6) is 0 Å². The van der Waals surface area contributed by atoms with Crippen molar-refractivity contribution < 1.29 is 26.8 Å². The summed E-state index contributed by atoms with van der Waals surface area (Å²) in [6.07, 6.45) is 1.22. The van der Waals surface area contributed by atoms with Crippen LogP contribution in [0.4, 0.5) is 14.5 Å². The number of hydrogen-bond acceptors (Lipinski definition) is 4. The second-order valence-corrected chi connectivity index (χ2v) is 11.8. The number of halogens is 2. The van der Waals surface area contributed by atoms with E-state index in [9.17, 15) is 26.8 Å². The number of nitrogens with zero attached hydrogens (tertiary/aromatic N) is 2. The van der Waals surface area contributed by atoms with Gasteiger partial charge >= 0.3 is 0 Å². The van der Waals surface area contributed by atoms with Gasteiger partial charge in [0.1, 0.15) is 17.7 Å². The molecule has 1 N–H and O–H groups in total. The summed E-state index contributed by atoms with van der Waals surface area (Å²) in [6.45, 7) is 3.57. The van der Waals surface area contributed by atoms with Gasteiger partial charge in [0.25, 0.3) is 0 Å². The summed E-state index contributed by atoms with van der Waals surface area (Å²) >= 11 is 0. The van der Waals surface area contributed by atoms with E-state index < -0.39 is 27.7 Å². The molecule has 0 saturated carbocycles. The minimum atomic E-state index is -3.83. The molecule has 0 bridgehead atoms. The maximum atomic E-state index is 14.4. The topological polar surface area (TPSA) is 86.8 Å². The third-order valence-corrected chi connectivity index (χ3v) is 7.42. The zero-order valence-corrected chi connectivity index (χ0v) is 23.7. The molecule has 0 fully saturated rings. The van der Waals surface area contributed by atoms with Crippen LogP contribution >= 0.6 is 0 Å². The van der Waals surface area contributed by atoms with Gasteiger partial charge in [0.2, 0.25) is 21.8 Å². The fraction of sp³-hybridized carbons (Fsp3) is 0.333. The minimum Gasteiger partial charge on any atom is -0.352 e. The maximum absolute atomic E-state index is 14.4. The molecule has 1 unspecified atom stereocenters. The normalized spacial score (nSPS) is 12.2. The van der Waals surface area contributed by atoms with Gasteiger partial charge < -0.3 is 10.2 Å². The molecule has 40 heavy (non-hydrogen) atoms. The maximum Gasteiger partial charge on any atom is 0.243 e. The van der Waals surface area contributed by atoms with Crippen molar-refractivity contribution in [2.24, 2.45) is 0 Å². The first-order chi connectivity index (χ1) is 19.0. The van der Waals surface area contributed by atoms with Gasteiger partial charge in [0.15, 0.2) is 0 Å². The summed E-state index contributed by atoms with van der Waals surface area (Å²) in [7, 11) is -3.83. The smallest absolute Gasteiger partial charge is 0.243 e. The van der Waals surface area contributed by atoms with Crippen LogP contribution in [-0.4, -0.2) is 50.0 Å². The van der Waals surface area contributed by atoms with E-state index in [-0.39, 0.29) is 55.9 Å². The van der Waals surface area contributed by atoms with Crippen LogP contribution in [-0.2, 0) is 32.6 Å². The van der Waals surface area contributed by atoms with E-state index in [4.69, 9.17) is 0 Å². The zero-order valence-electron chi connectivity index (χ0n) is 22.9. The molecule has 0 saturated heterocycles. The Hall–Kier alpha value is -3.79. The molecule has 7 nitrogen and oxygen atoms in total. The summed E-state index contributed by atoms with van der Waals surface area (Å²) in [5.74, 6) is -1.83. The number of carbonyl (C=O) groups is 2. The first kappa shape index (κ1) is 30.7. The van der Waals surface area contributed by atoms with E-state index in [2.05, 4.69) is 5.32 Å². The summed E-state index contributed by atoms with van der Waals surface area (Å²) < 4.78 is 53.8. The van der Waals surface area contributed by atoms with Crippen LogP contribution in [0, 0.1) is 11.6 Å². The van der Waals surface area contributed by atoms with Crippen molar-refractivity contribution in [3.05, 3.63) is 102 Å². The molecule has 0 radical (unpaired) electrons. The lowest BCUT2D eigenvalue weighted by atomic mass is 10.0. The number of hydrogen-bond donors (Lipinski definition) is 1. The van der Waals surface area contributed by atoms with Crippen LogP contribution in [0.15, 0.2) is 78.9 Å². The number of nitrogens with one attached hydrogen (secondary N) is 1. The summed E-state index contributed by atoms with van der Waals surface area (Å²) in [4.78, 5) is 28.5. The monoisotopic (exact) mass is 571 g/mol. The van der Waals surface area contributed by atoms with Crippen LogP contribution < -0.4 is 9.62 Å². The van der Waals surface area contributed by atoms with Crippen molar-refractivity contribution in [2.45, 2.75) is 51.7 Å². The van der Waals surface area contributed by atoms with Crippen molar-refractivity contribution >= 4 is 27.5 Å². The Morgan fingerprint density at radius 2 is 1.50 bits per heavy atom. The number of rotatable bonds is 13. The van der Waals surface area contributed by atoms with E-state index in [1.165, 1.54) is 41.3 Å². The molecule has 3 rings (SSSR count). The highest BCUT2D eigenvalue weighted by Crippen LogP contribution is 2.23. The predicted octanol–water partition coefficient (Wildman–Crippen LogP) is 4.68. The van der Waals surface area contributed by atoms with E-state index in [0.29, 0.717) is 5.56 Å². The first-order valence-corrected chi connectivity index (χ1v) is 14.9. The average Bonchev–Trinajstić information content (AvgIpc) is 2.89. The number of anilines is 1. The molecule has 10 heteroatoms. The van der Waals surface area contributed by atoms with Gasteiger partial charge in [-0.15, -0.1) is 0 Å². The second kappa shape index (κ2) is 14.0. The van der Waals surface area contributed by atoms with Crippen LogP contribution in [0.1, 0.15) is 37.8 Å². The number of para-hydroxylation sites is 1. The standard InChI is InChI=1S/C30H35F2N3O4S/c1-22(2)33-30(37)28(20-23-10-5-4-6-11-23)34(21-24-15-17-25(31)18-16-24)29(36)14-9-19-35(40(3,38)39)27-13-8-7-12-26(27)32/h4-8,10-13,15-18,22,28H,9,14,19-21H2,1-3H3,(H,33,37). The molecular formula is C30H35F2N3O4S. The Kier molecular flexibility index (Phi) is 10.8. The summed E-state index contributed by atoms with van der Waals surface area (Å²) in [5.41, 5.74) is 1.39. The third-order valence-electron chi connectivity index (χ3n) is 6.24. The van der Waals surface area contributed by atoms with Crippen LogP contribution in [0.2, 0.25) is 0 Å². The molecular weight excluding hydrogens is 536 g/mol. The van der Waals surface area contributed by atoms with Gasteiger partial charge in [-0.1, -0.05) is 54.6 Å². The minimum absolute atomic E-state index is 0.0469. The quantitative estimate of drug-likeness (QED) is 0.323. The molecule has 1 atom stereocenters. The molecule has 0 spiro atoms. The van der Waals surface area contributed by atoms with Crippen molar-refractivity contribution in [1.29, 1.82) is 0 Å². The zero-order chi connectivity index (χ0) is 29.3. The lowest BCUT2D eigenvalue weighted by molar-refractivity contribution is -0.141. The van der Waals surface area contributed by atoms with Crippen LogP contribution in [0.25, 0.3) is 0 Å². The van der Waals surface area contributed by atoms with Gasteiger partial charge in [0.05, 0.1) is 11.9 Å². The highest BCUT2D eigenvalue weighted by atomic mass is 32.2. The summed E-state index contributed by atoms with van der Waals surface area (Å²) in [6, 6.07) is 19.5. The molecule has 2 amide bonds. The molecule has 214 valence electrons. The van der Waals surface area contributed by atoms with Crippen molar-refractivity contribution in [3.8, 4) is 0 Å². The Bertz CT molecular complexity index is 1380. The van der Waals surface area contributed by atoms with Gasteiger partial charge in [-0.25, -0.2) is 17.2 Å². The predicted molar refractivity (Wildman–Crippen MR) is 152 cm³/mol. The number of carbonyl (C=O) groups excluding carboxylic acids is 2. The number of amides is 2. The Balaban J connectivity index is 1.88. The molecule has 3 aromatic carbocycles. The fourth-order valence-electron chi connectivity index (χ4n) is 4.36. The molecule has 0 aromatic heterocycles. The number of benzene rings is 3. The Labute approximate surface area is 234 Å².